The van der Waals surface area contributed by atoms with Crippen molar-refractivity contribution in [3.8, 4) is 0 Å². The fourth-order valence-electron chi connectivity index (χ4n) is 2.36. The highest BCUT2D eigenvalue weighted by Crippen LogP contribution is 2.43. The predicted molar refractivity (Wildman–Crippen MR) is 63.5 cm³/mol. The zero-order chi connectivity index (χ0) is 14.3. The van der Waals surface area contributed by atoms with Crippen LogP contribution >= 0.6 is 0 Å². The van der Waals surface area contributed by atoms with Crippen molar-refractivity contribution in [1.82, 2.24) is 10.4 Å². The number of methoxy groups -OCH3 is 1. The third kappa shape index (κ3) is 2.02. The number of carbonyl (C=O) groups is 2. The first-order chi connectivity index (χ1) is 8.06. The lowest BCUT2D eigenvalue weighted by atomic mass is 9.95. The third-order valence-corrected chi connectivity index (χ3v) is 3.18. The van der Waals surface area contributed by atoms with Gasteiger partial charge in [-0.25, -0.2) is 4.79 Å². The standard InChI is InChI=1S/C12H19N2O4/c1-7(15)13-9-8(10(16)18-6)11(2,3)14(17)12(9,4)5/h1-6H3,(H,13,15). The van der Waals surface area contributed by atoms with Gasteiger partial charge in [-0.05, 0) is 27.7 Å². The molecule has 1 N–H and O–H groups in total. The van der Waals surface area contributed by atoms with E-state index in [4.69, 9.17) is 4.74 Å². The summed E-state index contributed by atoms with van der Waals surface area (Å²) in [7, 11) is 1.25. The third-order valence-electron chi connectivity index (χ3n) is 3.18. The van der Waals surface area contributed by atoms with Crippen LogP contribution in [-0.2, 0) is 19.5 Å². The fourth-order valence-corrected chi connectivity index (χ4v) is 2.36. The number of nitrogens with one attached hydrogen (secondary N) is 1. The number of ether oxygens (including phenoxy) is 1. The van der Waals surface area contributed by atoms with Crippen molar-refractivity contribution < 1.29 is 19.5 Å². The molecule has 1 amide bonds. The average Bonchev–Trinajstić information content (AvgIpc) is 2.36. The largest absolute Gasteiger partial charge is 0.466 e. The van der Waals surface area contributed by atoms with Gasteiger partial charge in [0.1, 0.15) is 0 Å². The summed E-state index contributed by atoms with van der Waals surface area (Å²) in [6, 6.07) is 0. The summed E-state index contributed by atoms with van der Waals surface area (Å²) >= 11 is 0. The summed E-state index contributed by atoms with van der Waals surface area (Å²) in [5, 5.41) is 15.7. The van der Waals surface area contributed by atoms with Gasteiger partial charge in [-0.3, -0.25) is 4.79 Å². The number of rotatable bonds is 2. The van der Waals surface area contributed by atoms with Crippen LogP contribution in [0.5, 0.6) is 0 Å². The highest BCUT2D eigenvalue weighted by Gasteiger charge is 2.55. The van der Waals surface area contributed by atoms with Gasteiger partial charge in [0.15, 0.2) is 0 Å². The Morgan fingerprint density at radius 3 is 2.06 bits per heavy atom. The van der Waals surface area contributed by atoms with E-state index >= 15 is 0 Å². The molecular weight excluding hydrogens is 236 g/mol. The Balaban J connectivity index is 3.45. The van der Waals surface area contributed by atoms with Crippen LogP contribution in [0.15, 0.2) is 11.3 Å². The highest BCUT2D eigenvalue weighted by molar-refractivity contribution is 5.94. The number of hydrogen-bond donors (Lipinski definition) is 1. The van der Waals surface area contributed by atoms with Crippen molar-refractivity contribution in [3.63, 3.8) is 0 Å². The van der Waals surface area contributed by atoms with E-state index in [-0.39, 0.29) is 11.5 Å². The lowest BCUT2D eigenvalue weighted by Gasteiger charge is -2.33. The van der Waals surface area contributed by atoms with Crippen LogP contribution in [0.25, 0.3) is 0 Å². The zero-order valence-electron chi connectivity index (χ0n) is 11.6. The fraction of sp³-hybridized carbons (Fsp3) is 0.667. The number of amides is 1. The number of hydroxylamine groups is 2. The minimum Gasteiger partial charge on any atom is -0.466 e. The van der Waals surface area contributed by atoms with Gasteiger partial charge < -0.3 is 10.1 Å². The van der Waals surface area contributed by atoms with E-state index in [1.54, 1.807) is 27.7 Å². The van der Waals surface area contributed by atoms with E-state index in [2.05, 4.69) is 5.32 Å². The molecule has 0 saturated carbocycles. The Morgan fingerprint density at radius 1 is 1.17 bits per heavy atom. The van der Waals surface area contributed by atoms with Gasteiger partial charge in [0.05, 0.1) is 29.5 Å². The first-order valence-corrected chi connectivity index (χ1v) is 5.65. The SMILES string of the molecule is COC(=O)C1=C(NC(C)=O)C(C)(C)N([O])C1(C)C. The number of carbonyl (C=O) groups excluding carboxylic acids is 2. The molecule has 18 heavy (non-hydrogen) atoms. The number of nitrogens with zero attached hydrogens (tertiary/aromatic N) is 1. The smallest absolute Gasteiger partial charge is 0.337 e. The maximum absolute atomic E-state index is 12.3. The molecule has 0 atom stereocenters. The second-order valence-electron chi connectivity index (χ2n) is 5.34. The summed E-state index contributed by atoms with van der Waals surface area (Å²) in [5.41, 5.74) is -1.53. The number of hydrogen-bond acceptors (Lipinski definition) is 4. The highest BCUT2D eigenvalue weighted by atomic mass is 16.5. The average molecular weight is 255 g/mol. The summed E-state index contributed by atoms with van der Waals surface area (Å²) in [4.78, 5) is 23.1. The van der Waals surface area contributed by atoms with Gasteiger partial charge in [-0.1, -0.05) is 0 Å². The molecule has 0 aliphatic carbocycles. The first-order valence-electron chi connectivity index (χ1n) is 5.65. The molecule has 0 aromatic rings. The molecule has 101 valence electrons. The lowest BCUT2D eigenvalue weighted by molar-refractivity contribution is -0.241. The van der Waals surface area contributed by atoms with Gasteiger partial charge in [0.25, 0.3) is 0 Å². The van der Waals surface area contributed by atoms with Crippen LogP contribution in [0.4, 0.5) is 0 Å². The zero-order valence-corrected chi connectivity index (χ0v) is 11.6. The molecule has 1 radical (unpaired) electrons. The second kappa shape index (κ2) is 4.37. The maximum atomic E-state index is 12.3. The Morgan fingerprint density at radius 2 is 1.67 bits per heavy atom. The molecule has 0 bridgehead atoms. The molecule has 6 nitrogen and oxygen atoms in total. The van der Waals surface area contributed by atoms with Crippen LogP contribution in [0.2, 0.25) is 0 Å². The van der Waals surface area contributed by atoms with E-state index in [9.17, 15) is 14.8 Å². The molecule has 0 unspecified atom stereocenters. The van der Waals surface area contributed by atoms with Gasteiger partial charge >= 0.3 is 5.97 Å². The van der Waals surface area contributed by atoms with Crippen LogP contribution in [0.3, 0.4) is 0 Å². The van der Waals surface area contributed by atoms with Crippen molar-refractivity contribution in [2.24, 2.45) is 0 Å². The van der Waals surface area contributed by atoms with Crippen LogP contribution in [-0.4, -0.2) is 35.1 Å². The van der Waals surface area contributed by atoms with Crippen LogP contribution in [0.1, 0.15) is 34.6 Å². The van der Waals surface area contributed by atoms with Crippen LogP contribution in [0, 0.1) is 0 Å². The van der Waals surface area contributed by atoms with Gasteiger partial charge in [-0.2, -0.15) is 0 Å². The monoisotopic (exact) mass is 255 g/mol. The van der Waals surface area contributed by atoms with E-state index in [0.29, 0.717) is 5.70 Å². The molecule has 6 heteroatoms. The molecule has 1 heterocycles. The van der Waals surface area contributed by atoms with E-state index in [1.165, 1.54) is 14.0 Å². The Labute approximate surface area is 107 Å². The number of esters is 1. The lowest BCUT2D eigenvalue weighted by Crippen LogP contribution is -2.49. The molecule has 1 aliphatic rings. The van der Waals surface area contributed by atoms with Gasteiger partial charge in [0, 0.05) is 6.92 Å². The summed E-state index contributed by atoms with van der Waals surface area (Å²) in [5.74, 6) is -0.930. The van der Waals surface area contributed by atoms with Crippen LogP contribution < -0.4 is 5.32 Å². The van der Waals surface area contributed by atoms with Gasteiger partial charge in [-0.15, -0.1) is 10.3 Å². The molecule has 0 saturated heterocycles. The first kappa shape index (κ1) is 14.7. The topological polar surface area (TPSA) is 78.5 Å². The minimum atomic E-state index is -1.05. The molecule has 1 rings (SSSR count). The Hall–Kier alpha value is -1.40. The normalized spacial score (nSPS) is 21.9. The molecule has 0 spiro atoms. The van der Waals surface area contributed by atoms with Crippen molar-refractivity contribution in [2.45, 2.75) is 45.7 Å². The summed E-state index contributed by atoms with van der Waals surface area (Å²) < 4.78 is 4.71. The van der Waals surface area contributed by atoms with E-state index < -0.39 is 17.0 Å². The Bertz CT molecular complexity index is 424. The minimum absolute atomic E-state index is 0.195. The maximum Gasteiger partial charge on any atom is 0.337 e. The van der Waals surface area contributed by atoms with Gasteiger partial charge in [0.2, 0.25) is 5.91 Å². The Kier molecular flexibility index (Phi) is 3.56. The molecule has 1 aliphatic heterocycles. The van der Waals surface area contributed by atoms with E-state index in [1.807, 2.05) is 0 Å². The molecular formula is C12H19N2O4. The van der Waals surface area contributed by atoms with Crippen molar-refractivity contribution in [2.75, 3.05) is 7.11 Å². The van der Waals surface area contributed by atoms with Crippen molar-refractivity contribution in [3.05, 3.63) is 11.3 Å². The summed E-state index contributed by atoms with van der Waals surface area (Å²) in [6.07, 6.45) is 0. The van der Waals surface area contributed by atoms with E-state index in [0.717, 1.165) is 5.06 Å². The predicted octanol–water partition coefficient (Wildman–Crippen LogP) is 0.768. The quantitative estimate of drug-likeness (QED) is 0.739. The molecule has 0 aromatic heterocycles. The second-order valence-corrected chi connectivity index (χ2v) is 5.34. The summed E-state index contributed by atoms with van der Waals surface area (Å²) in [6.45, 7) is 7.90. The molecule has 0 fully saturated rings. The van der Waals surface area contributed by atoms with Crippen molar-refractivity contribution in [1.29, 1.82) is 0 Å². The molecule has 0 aromatic carbocycles. The van der Waals surface area contributed by atoms with Crippen molar-refractivity contribution >= 4 is 11.9 Å².